The van der Waals surface area contributed by atoms with Crippen LogP contribution in [-0.2, 0) is 19.7 Å². The van der Waals surface area contributed by atoms with Gasteiger partial charge in [0, 0.05) is 30.6 Å². The van der Waals surface area contributed by atoms with Crippen molar-refractivity contribution in [1.82, 2.24) is 0 Å². The zero-order valence-electron chi connectivity index (χ0n) is 14.5. The number of nitrogens with two attached hydrogens (primary N) is 1. The molecular formula is C20H19N3O3. The van der Waals surface area contributed by atoms with Gasteiger partial charge in [-0.15, -0.1) is 0 Å². The Morgan fingerprint density at radius 1 is 1.31 bits per heavy atom. The lowest BCUT2D eigenvalue weighted by Gasteiger charge is -2.37. The highest BCUT2D eigenvalue weighted by atomic mass is 16.5. The van der Waals surface area contributed by atoms with E-state index in [-0.39, 0.29) is 23.1 Å². The maximum atomic E-state index is 13.7. The molecule has 0 saturated carbocycles. The number of ether oxygens (including phenoxy) is 1. The molecule has 1 unspecified atom stereocenters. The van der Waals surface area contributed by atoms with E-state index in [2.05, 4.69) is 6.07 Å². The lowest BCUT2D eigenvalue weighted by Crippen LogP contribution is -2.49. The van der Waals surface area contributed by atoms with Crippen molar-refractivity contribution in [2.24, 2.45) is 5.73 Å². The first-order chi connectivity index (χ1) is 12.6. The molecule has 132 valence electrons. The number of nitriles is 1. The van der Waals surface area contributed by atoms with Crippen LogP contribution in [0.3, 0.4) is 0 Å². The van der Waals surface area contributed by atoms with Crippen molar-refractivity contribution in [3.63, 3.8) is 0 Å². The first-order valence-corrected chi connectivity index (χ1v) is 8.83. The van der Waals surface area contributed by atoms with Crippen LogP contribution in [0.4, 0.5) is 5.69 Å². The van der Waals surface area contributed by atoms with Gasteiger partial charge in [0.15, 0.2) is 5.78 Å². The molecule has 1 aliphatic carbocycles. The van der Waals surface area contributed by atoms with E-state index in [1.807, 2.05) is 31.2 Å². The quantitative estimate of drug-likeness (QED) is 0.884. The van der Waals surface area contributed by atoms with Crippen LogP contribution in [0.5, 0.6) is 0 Å². The molecule has 1 atom stereocenters. The zero-order valence-corrected chi connectivity index (χ0v) is 14.5. The molecule has 4 rings (SSSR count). The lowest BCUT2D eigenvalue weighted by molar-refractivity contribution is -0.124. The van der Waals surface area contributed by atoms with Gasteiger partial charge in [-0.05, 0) is 18.9 Å². The number of benzene rings is 1. The van der Waals surface area contributed by atoms with Gasteiger partial charge in [-0.25, -0.2) is 0 Å². The number of hydrogen-bond acceptors (Lipinski definition) is 5. The summed E-state index contributed by atoms with van der Waals surface area (Å²) in [7, 11) is 0. The normalized spacial score (nSPS) is 24.5. The summed E-state index contributed by atoms with van der Waals surface area (Å²) in [6, 6.07) is 9.40. The van der Waals surface area contributed by atoms with Crippen LogP contribution in [0.25, 0.3) is 0 Å². The van der Waals surface area contributed by atoms with E-state index in [4.69, 9.17) is 10.5 Å². The summed E-state index contributed by atoms with van der Waals surface area (Å²) < 4.78 is 5.63. The maximum Gasteiger partial charge on any atom is 0.247 e. The van der Waals surface area contributed by atoms with Gasteiger partial charge >= 0.3 is 0 Å². The van der Waals surface area contributed by atoms with Crippen LogP contribution >= 0.6 is 0 Å². The number of amides is 1. The van der Waals surface area contributed by atoms with Gasteiger partial charge in [0.05, 0.1) is 5.57 Å². The third-order valence-corrected chi connectivity index (χ3v) is 5.32. The molecule has 26 heavy (non-hydrogen) atoms. The molecule has 3 aliphatic rings. The molecule has 0 fully saturated rings. The number of allylic oxidation sites excluding steroid dienone is 1. The number of fused-ring (bicyclic) bond motifs is 3. The summed E-state index contributed by atoms with van der Waals surface area (Å²) in [6.07, 6.45) is 2.28. The van der Waals surface area contributed by atoms with Gasteiger partial charge < -0.3 is 15.4 Å². The molecule has 1 spiro atoms. The number of carbonyl (C=O) groups excluding carboxylic acids is 2. The van der Waals surface area contributed by atoms with Crippen LogP contribution in [0, 0.1) is 11.3 Å². The first-order valence-electron chi connectivity index (χ1n) is 8.83. The van der Waals surface area contributed by atoms with Gasteiger partial charge in [0.2, 0.25) is 11.8 Å². The molecule has 1 aromatic rings. The molecule has 2 heterocycles. The Kier molecular flexibility index (Phi) is 3.62. The molecule has 0 saturated heterocycles. The second-order valence-electron chi connectivity index (χ2n) is 6.75. The fraction of sp³-hybridized carbons (Fsp3) is 0.350. The second kappa shape index (κ2) is 5.73. The van der Waals surface area contributed by atoms with Gasteiger partial charge in [-0.1, -0.05) is 25.1 Å². The smallest absolute Gasteiger partial charge is 0.247 e. The predicted octanol–water partition coefficient (Wildman–Crippen LogP) is 2.41. The highest BCUT2D eigenvalue weighted by Crippen LogP contribution is 2.55. The Balaban J connectivity index is 2.10. The van der Waals surface area contributed by atoms with Crippen molar-refractivity contribution < 1.29 is 14.3 Å². The number of ketones is 1. The van der Waals surface area contributed by atoms with Gasteiger partial charge in [-0.2, -0.15) is 5.26 Å². The number of anilines is 1. The highest BCUT2D eigenvalue weighted by Gasteiger charge is 2.61. The van der Waals surface area contributed by atoms with Crippen LogP contribution in [0.15, 0.2) is 47.1 Å². The Bertz CT molecular complexity index is 938. The van der Waals surface area contributed by atoms with E-state index >= 15 is 0 Å². The monoisotopic (exact) mass is 349 g/mol. The summed E-state index contributed by atoms with van der Waals surface area (Å²) in [5.74, 6) is -0.0826. The van der Waals surface area contributed by atoms with E-state index in [1.165, 1.54) is 0 Å². The van der Waals surface area contributed by atoms with Crippen molar-refractivity contribution in [3.05, 3.63) is 52.6 Å². The fourth-order valence-corrected chi connectivity index (χ4v) is 4.35. The number of carbonyl (C=O) groups is 2. The minimum atomic E-state index is -1.48. The minimum Gasteiger partial charge on any atom is -0.444 e. The Labute approximate surface area is 151 Å². The number of para-hydroxylation sites is 1. The third kappa shape index (κ3) is 1.86. The average Bonchev–Trinajstić information content (AvgIpc) is 2.86. The summed E-state index contributed by atoms with van der Waals surface area (Å²) in [5, 5.41) is 9.85. The molecular weight excluding hydrogens is 330 g/mol. The van der Waals surface area contributed by atoms with Crippen molar-refractivity contribution in [2.45, 2.75) is 38.0 Å². The summed E-state index contributed by atoms with van der Waals surface area (Å²) in [6.45, 7) is 2.49. The molecule has 1 amide bonds. The second-order valence-corrected chi connectivity index (χ2v) is 6.75. The van der Waals surface area contributed by atoms with Gasteiger partial charge in [0.1, 0.15) is 22.8 Å². The van der Waals surface area contributed by atoms with E-state index in [9.17, 15) is 14.9 Å². The van der Waals surface area contributed by atoms with Gasteiger partial charge in [-0.3, -0.25) is 9.59 Å². The Morgan fingerprint density at radius 3 is 2.81 bits per heavy atom. The highest BCUT2D eigenvalue weighted by molar-refractivity contribution is 6.20. The number of Topliss-reactive ketones (excluding diaryl/α,β-unsaturated/α-hetero) is 1. The summed E-state index contributed by atoms with van der Waals surface area (Å²) in [4.78, 5) is 28.2. The third-order valence-electron chi connectivity index (χ3n) is 5.32. The van der Waals surface area contributed by atoms with Crippen molar-refractivity contribution in [1.29, 1.82) is 5.26 Å². The van der Waals surface area contributed by atoms with E-state index in [1.54, 1.807) is 4.90 Å². The number of nitrogens with zero attached hydrogens (tertiary/aromatic N) is 2. The lowest BCUT2D eigenvalue weighted by atomic mass is 9.65. The summed E-state index contributed by atoms with van der Waals surface area (Å²) in [5.41, 5.74) is 6.26. The van der Waals surface area contributed by atoms with Crippen LogP contribution in [0.1, 0.15) is 38.2 Å². The van der Waals surface area contributed by atoms with Gasteiger partial charge in [0.25, 0.3) is 0 Å². The van der Waals surface area contributed by atoms with E-state index in [0.717, 1.165) is 12.1 Å². The Morgan fingerprint density at radius 2 is 2.08 bits per heavy atom. The molecule has 0 radical (unpaired) electrons. The zero-order chi connectivity index (χ0) is 18.5. The molecule has 2 aliphatic heterocycles. The molecule has 1 aromatic carbocycles. The Hall–Kier alpha value is -3.07. The summed E-state index contributed by atoms with van der Waals surface area (Å²) >= 11 is 0. The SMILES string of the molecule is CCCN1C(=O)C2(C(C#N)=C(N)OC3=C2C(=O)CCC3)c2ccccc21. The fourth-order valence-electron chi connectivity index (χ4n) is 4.35. The topological polar surface area (TPSA) is 96.4 Å². The molecule has 0 aromatic heterocycles. The van der Waals surface area contributed by atoms with E-state index < -0.39 is 5.41 Å². The van der Waals surface area contributed by atoms with Crippen LogP contribution in [0.2, 0.25) is 0 Å². The maximum absolute atomic E-state index is 13.7. The molecule has 6 nitrogen and oxygen atoms in total. The molecule has 6 heteroatoms. The minimum absolute atomic E-state index is 0.0163. The van der Waals surface area contributed by atoms with Crippen molar-refractivity contribution >= 4 is 17.4 Å². The first kappa shape index (κ1) is 16.4. The predicted molar refractivity (Wildman–Crippen MR) is 94.6 cm³/mol. The average molecular weight is 349 g/mol. The van der Waals surface area contributed by atoms with Crippen molar-refractivity contribution in [2.75, 3.05) is 11.4 Å². The molecule has 0 bridgehead atoms. The van der Waals surface area contributed by atoms with Crippen molar-refractivity contribution in [3.8, 4) is 6.07 Å². The van der Waals surface area contributed by atoms with Crippen LogP contribution in [-0.4, -0.2) is 18.2 Å². The largest absolute Gasteiger partial charge is 0.444 e. The standard InChI is InChI=1S/C20H19N3O3/c1-2-10-23-14-7-4-3-6-12(14)20(19(23)25)13(11-21)18(22)26-16-9-5-8-15(24)17(16)20/h3-4,6-7H,2,5,8-10,22H2,1H3. The molecule has 2 N–H and O–H groups in total. The van der Waals surface area contributed by atoms with Crippen LogP contribution < -0.4 is 10.6 Å². The van der Waals surface area contributed by atoms with E-state index in [0.29, 0.717) is 42.7 Å². The number of hydrogen-bond donors (Lipinski definition) is 1. The number of rotatable bonds is 2.